The van der Waals surface area contributed by atoms with Gasteiger partial charge in [0.15, 0.2) is 5.82 Å². The van der Waals surface area contributed by atoms with E-state index in [4.69, 9.17) is 15.3 Å². The zero-order chi connectivity index (χ0) is 22.4. The number of amides is 1. The van der Waals surface area contributed by atoms with E-state index >= 15 is 0 Å². The highest BCUT2D eigenvalue weighted by atomic mass is 32.2. The standard InChI is InChI=1S/C22H27N5O3S/c1-14(2)20(15-8-6-5-7-9-15)24-19(28)13-31-22-26-25-21(27(22)23)17-11-10-16(29-3)12-18(17)30-4/h5-12,14,20H,13,23H2,1-4H3,(H,24,28). The number of hydrogen-bond acceptors (Lipinski definition) is 7. The molecule has 2 aromatic carbocycles. The van der Waals surface area contributed by atoms with Crippen LogP contribution in [0.1, 0.15) is 25.5 Å². The molecule has 0 fully saturated rings. The van der Waals surface area contributed by atoms with Crippen molar-refractivity contribution in [2.24, 2.45) is 5.92 Å². The van der Waals surface area contributed by atoms with E-state index in [-0.39, 0.29) is 23.6 Å². The lowest BCUT2D eigenvalue weighted by Gasteiger charge is -2.22. The van der Waals surface area contributed by atoms with Crippen molar-refractivity contribution in [3.05, 3.63) is 54.1 Å². The Balaban J connectivity index is 1.69. The quantitative estimate of drug-likeness (QED) is 0.388. The number of nitrogens with zero attached hydrogens (tertiary/aromatic N) is 3. The minimum absolute atomic E-state index is 0.0656. The molecular formula is C22H27N5O3S. The zero-order valence-electron chi connectivity index (χ0n) is 18.0. The van der Waals surface area contributed by atoms with E-state index in [2.05, 4.69) is 29.4 Å². The van der Waals surface area contributed by atoms with E-state index in [0.29, 0.717) is 28.0 Å². The highest BCUT2D eigenvalue weighted by Crippen LogP contribution is 2.33. The van der Waals surface area contributed by atoms with Gasteiger partial charge in [-0.25, -0.2) is 4.68 Å². The number of carbonyl (C=O) groups excluding carboxylic acids is 1. The first-order valence-corrected chi connectivity index (χ1v) is 10.8. The van der Waals surface area contributed by atoms with Gasteiger partial charge in [-0.05, 0) is 23.6 Å². The number of ether oxygens (including phenoxy) is 2. The van der Waals surface area contributed by atoms with Crippen molar-refractivity contribution in [2.75, 3.05) is 25.8 Å². The number of rotatable bonds is 9. The molecule has 164 valence electrons. The first-order chi connectivity index (χ1) is 14.9. The predicted octanol–water partition coefficient (Wildman–Crippen LogP) is 3.28. The number of nitrogens with one attached hydrogen (secondary N) is 1. The number of carbonyl (C=O) groups is 1. The summed E-state index contributed by atoms with van der Waals surface area (Å²) >= 11 is 1.23. The molecule has 1 amide bonds. The minimum atomic E-state index is -0.0980. The summed E-state index contributed by atoms with van der Waals surface area (Å²) in [7, 11) is 3.15. The maximum atomic E-state index is 12.6. The molecule has 1 atom stereocenters. The molecule has 0 saturated heterocycles. The Morgan fingerprint density at radius 2 is 1.87 bits per heavy atom. The molecule has 3 N–H and O–H groups in total. The van der Waals surface area contributed by atoms with Crippen molar-refractivity contribution in [3.63, 3.8) is 0 Å². The fourth-order valence-electron chi connectivity index (χ4n) is 3.18. The Labute approximate surface area is 186 Å². The smallest absolute Gasteiger partial charge is 0.230 e. The van der Waals surface area contributed by atoms with Gasteiger partial charge in [0.05, 0.1) is 31.6 Å². The Hall–Kier alpha value is -3.20. The Kier molecular flexibility index (Phi) is 7.41. The summed E-state index contributed by atoms with van der Waals surface area (Å²) in [5.41, 5.74) is 1.75. The van der Waals surface area contributed by atoms with Crippen molar-refractivity contribution in [3.8, 4) is 22.9 Å². The Morgan fingerprint density at radius 3 is 2.52 bits per heavy atom. The van der Waals surface area contributed by atoms with Gasteiger partial charge in [-0.2, -0.15) is 0 Å². The molecule has 3 aromatic rings. The largest absolute Gasteiger partial charge is 0.497 e. The van der Waals surface area contributed by atoms with Crippen LogP contribution in [0, 0.1) is 5.92 Å². The maximum absolute atomic E-state index is 12.6. The van der Waals surface area contributed by atoms with Gasteiger partial charge in [-0.15, -0.1) is 10.2 Å². The number of methoxy groups -OCH3 is 2. The van der Waals surface area contributed by atoms with Gasteiger partial charge in [0, 0.05) is 6.07 Å². The zero-order valence-corrected chi connectivity index (χ0v) is 18.8. The monoisotopic (exact) mass is 441 g/mol. The van der Waals surface area contributed by atoms with Crippen LogP contribution in [-0.4, -0.2) is 40.8 Å². The third-order valence-electron chi connectivity index (χ3n) is 4.79. The molecule has 3 rings (SSSR count). The highest BCUT2D eigenvalue weighted by Gasteiger charge is 2.20. The molecule has 0 aliphatic heterocycles. The number of nitrogens with two attached hydrogens (primary N) is 1. The summed E-state index contributed by atoms with van der Waals surface area (Å²) in [6, 6.07) is 15.2. The van der Waals surface area contributed by atoms with Crippen LogP contribution >= 0.6 is 11.8 Å². The average Bonchev–Trinajstić information content (AvgIpc) is 3.15. The van der Waals surface area contributed by atoms with Crippen LogP contribution in [0.4, 0.5) is 0 Å². The topological polar surface area (TPSA) is 104 Å². The summed E-state index contributed by atoms with van der Waals surface area (Å²) in [6.07, 6.45) is 0. The van der Waals surface area contributed by atoms with Crippen LogP contribution in [0.25, 0.3) is 11.4 Å². The molecule has 1 heterocycles. The van der Waals surface area contributed by atoms with Crippen LogP contribution in [0.5, 0.6) is 11.5 Å². The van der Waals surface area contributed by atoms with Gasteiger partial charge in [-0.1, -0.05) is 55.9 Å². The van der Waals surface area contributed by atoms with Crippen LogP contribution < -0.4 is 20.6 Å². The van der Waals surface area contributed by atoms with Crippen LogP contribution in [-0.2, 0) is 4.79 Å². The van der Waals surface area contributed by atoms with Gasteiger partial charge < -0.3 is 20.6 Å². The fourth-order valence-corrected chi connectivity index (χ4v) is 3.85. The third-order valence-corrected chi connectivity index (χ3v) is 5.73. The second kappa shape index (κ2) is 10.2. The molecule has 1 unspecified atom stereocenters. The van der Waals surface area contributed by atoms with Crippen molar-refractivity contribution in [2.45, 2.75) is 25.0 Å². The minimum Gasteiger partial charge on any atom is -0.497 e. The lowest BCUT2D eigenvalue weighted by Crippen LogP contribution is -2.33. The summed E-state index contributed by atoms with van der Waals surface area (Å²) in [5.74, 6) is 8.20. The first-order valence-electron chi connectivity index (χ1n) is 9.84. The second-order valence-corrected chi connectivity index (χ2v) is 8.17. The van der Waals surface area contributed by atoms with Crippen LogP contribution in [0.15, 0.2) is 53.7 Å². The molecular weight excluding hydrogens is 414 g/mol. The first kappa shape index (κ1) is 22.5. The SMILES string of the molecule is COc1ccc(-c2nnc(SCC(=O)NC(c3ccccc3)C(C)C)n2N)c(OC)c1. The van der Waals surface area contributed by atoms with E-state index in [1.165, 1.54) is 16.4 Å². The summed E-state index contributed by atoms with van der Waals surface area (Å²) < 4.78 is 12.0. The molecule has 0 spiro atoms. The van der Waals surface area contributed by atoms with Gasteiger partial charge in [-0.3, -0.25) is 4.79 Å². The molecule has 0 saturated carbocycles. The molecule has 31 heavy (non-hydrogen) atoms. The lowest BCUT2D eigenvalue weighted by atomic mass is 9.96. The normalized spacial score (nSPS) is 11.9. The predicted molar refractivity (Wildman–Crippen MR) is 122 cm³/mol. The summed E-state index contributed by atoms with van der Waals surface area (Å²) in [4.78, 5) is 12.6. The number of benzene rings is 2. The van der Waals surface area contributed by atoms with Gasteiger partial charge in [0.25, 0.3) is 0 Å². The fraction of sp³-hybridized carbons (Fsp3) is 0.318. The van der Waals surface area contributed by atoms with Crippen molar-refractivity contribution < 1.29 is 14.3 Å². The molecule has 8 nitrogen and oxygen atoms in total. The number of thioether (sulfide) groups is 1. The third kappa shape index (κ3) is 5.29. The van der Waals surface area contributed by atoms with Gasteiger partial charge in [0.1, 0.15) is 11.5 Å². The van der Waals surface area contributed by atoms with Crippen molar-refractivity contribution >= 4 is 17.7 Å². The van der Waals surface area contributed by atoms with E-state index in [1.54, 1.807) is 32.4 Å². The average molecular weight is 442 g/mol. The van der Waals surface area contributed by atoms with Crippen LogP contribution in [0.2, 0.25) is 0 Å². The lowest BCUT2D eigenvalue weighted by molar-refractivity contribution is -0.119. The van der Waals surface area contributed by atoms with Crippen molar-refractivity contribution in [1.29, 1.82) is 0 Å². The molecule has 1 aromatic heterocycles. The molecule has 0 bridgehead atoms. The molecule has 9 heteroatoms. The molecule has 0 radical (unpaired) electrons. The van der Waals surface area contributed by atoms with E-state index < -0.39 is 0 Å². The number of nitrogen functional groups attached to an aromatic ring is 1. The second-order valence-electron chi connectivity index (χ2n) is 7.23. The van der Waals surface area contributed by atoms with Gasteiger partial charge in [0.2, 0.25) is 11.1 Å². The molecule has 0 aliphatic rings. The van der Waals surface area contributed by atoms with E-state index in [0.717, 1.165) is 5.56 Å². The van der Waals surface area contributed by atoms with E-state index in [1.807, 2.05) is 30.3 Å². The van der Waals surface area contributed by atoms with E-state index in [9.17, 15) is 4.79 Å². The van der Waals surface area contributed by atoms with Crippen LogP contribution in [0.3, 0.4) is 0 Å². The maximum Gasteiger partial charge on any atom is 0.230 e. The number of hydrogen-bond donors (Lipinski definition) is 2. The highest BCUT2D eigenvalue weighted by molar-refractivity contribution is 7.99. The summed E-state index contributed by atoms with van der Waals surface area (Å²) in [5, 5.41) is 11.9. The van der Waals surface area contributed by atoms with Gasteiger partial charge >= 0.3 is 0 Å². The molecule has 0 aliphatic carbocycles. The summed E-state index contributed by atoms with van der Waals surface area (Å²) in [6.45, 7) is 4.16. The van der Waals surface area contributed by atoms with Crippen molar-refractivity contribution in [1.82, 2.24) is 20.2 Å². The Morgan fingerprint density at radius 1 is 1.13 bits per heavy atom. The Bertz CT molecular complexity index is 1020. The number of aromatic nitrogens is 3.